The van der Waals surface area contributed by atoms with E-state index in [0.717, 1.165) is 18.5 Å². The molecule has 0 aromatic carbocycles. The summed E-state index contributed by atoms with van der Waals surface area (Å²) in [5.74, 6) is 0. The molecule has 0 aliphatic carbocycles. The molecule has 1 heterocycles. The normalized spacial score (nSPS) is 15.4. The Hall–Kier alpha value is -0.870. The predicted octanol–water partition coefficient (Wildman–Crippen LogP) is 1.27. The van der Waals surface area contributed by atoms with E-state index in [0.29, 0.717) is 0 Å². The summed E-state index contributed by atoms with van der Waals surface area (Å²) in [7, 11) is 3.44. The highest BCUT2D eigenvalue weighted by molar-refractivity contribution is 5.05. The van der Waals surface area contributed by atoms with Crippen molar-refractivity contribution in [3.05, 3.63) is 18.0 Å². The molecule has 1 aromatic heterocycles. The molecule has 4 nitrogen and oxygen atoms in total. The average molecular weight is 198 g/mol. The van der Waals surface area contributed by atoms with Crippen LogP contribution in [0.2, 0.25) is 0 Å². The third-order valence-electron chi connectivity index (χ3n) is 2.39. The van der Waals surface area contributed by atoms with Crippen molar-refractivity contribution in [3.63, 3.8) is 0 Å². The lowest BCUT2D eigenvalue weighted by atomic mass is 10.1. The molecule has 0 aliphatic heterocycles. The Morgan fingerprint density at radius 3 is 2.79 bits per heavy atom. The van der Waals surface area contributed by atoms with Gasteiger partial charge >= 0.3 is 0 Å². The maximum Gasteiger partial charge on any atom is 0.122 e. The molecule has 0 aliphatic rings. The highest BCUT2D eigenvalue weighted by atomic mass is 16.5. The van der Waals surface area contributed by atoms with Crippen molar-refractivity contribution in [2.75, 3.05) is 7.11 Å². The Morgan fingerprint density at radius 2 is 2.36 bits per heavy atom. The number of nitrogens with zero attached hydrogens (tertiary/aromatic N) is 2. The first kappa shape index (κ1) is 11.2. The summed E-state index contributed by atoms with van der Waals surface area (Å²) < 4.78 is 6.91. The first-order valence-corrected chi connectivity index (χ1v) is 4.89. The molecule has 0 spiro atoms. The lowest BCUT2D eigenvalue weighted by Gasteiger charge is -2.21. The van der Waals surface area contributed by atoms with Crippen LogP contribution in [0.25, 0.3) is 0 Å². The van der Waals surface area contributed by atoms with Crippen LogP contribution in [0.3, 0.4) is 0 Å². The third-order valence-corrected chi connectivity index (χ3v) is 2.39. The Kier molecular flexibility index (Phi) is 4.10. The molecular formula is C10H18N2O2. The highest BCUT2D eigenvalue weighted by Crippen LogP contribution is 2.21. The van der Waals surface area contributed by atoms with Crippen LogP contribution < -0.4 is 0 Å². The second-order valence-corrected chi connectivity index (χ2v) is 3.39. The molecule has 0 bridgehead atoms. The molecule has 0 amide bonds. The molecule has 1 aromatic rings. The van der Waals surface area contributed by atoms with Gasteiger partial charge < -0.3 is 9.84 Å². The van der Waals surface area contributed by atoms with Crippen molar-refractivity contribution in [2.24, 2.45) is 7.05 Å². The molecule has 14 heavy (non-hydrogen) atoms. The minimum Gasteiger partial charge on any atom is -0.384 e. The minimum absolute atomic E-state index is 0.143. The number of aryl methyl sites for hydroxylation is 1. The van der Waals surface area contributed by atoms with E-state index in [-0.39, 0.29) is 6.10 Å². The lowest BCUT2D eigenvalue weighted by molar-refractivity contribution is -0.0216. The van der Waals surface area contributed by atoms with Crippen LogP contribution in [-0.4, -0.2) is 28.1 Å². The van der Waals surface area contributed by atoms with Crippen molar-refractivity contribution in [1.82, 2.24) is 9.78 Å². The quantitative estimate of drug-likeness (QED) is 0.775. The maximum atomic E-state index is 10.00. The van der Waals surface area contributed by atoms with E-state index in [4.69, 9.17) is 4.74 Å². The lowest BCUT2D eigenvalue weighted by Crippen LogP contribution is -2.22. The number of aliphatic hydroxyl groups is 1. The smallest absolute Gasteiger partial charge is 0.122 e. The van der Waals surface area contributed by atoms with Crippen LogP contribution in [0, 0.1) is 0 Å². The molecule has 2 atom stereocenters. The summed E-state index contributed by atoms with van der Waals surface area (Å²) in [4.78, 5) is 0. The van der Waals surface area contributed by atoms with Gasteiger partial charge in [0.15, 0.2) is 0 Å². The van der Waals surface area contributed by atoms with E-state index in [2.05, 4.69) is 12.0 Å². The summed E-state index contributed by atoms with van der Waals surface area (Å²) in [5, 5.41) is 14.0. The number of aromatic nitrogens is 2. The van der Waals surface area contributed by atoms with Crippen molar-refractivity contribution in [3.8, 4) is 0 Å². The largest absolute Gasteiger partial charge is 0.384 e. The van der Waals surface area contributed by atoms with Crippen molar-refractivity contribution < 1.29 is 9.84 Å². The van der Waals surface area contributed by atoms with Gasteiger partial charge in [-0.05, 0) is 12.5 Å². The second kappa shape index (κ2) is 5.12. The van der Waals surface area contributed by atoms with Gasteiger partial charge in [0, 0.05) is 20.4 Å². The van der Waals surface area contributed by atoms with Gasteiger partial charge in [-0.1, -0.05) is 13.3 Å². The standard InChI is InChI=1S/C10H18N2O2/c1-4-5-9(14-3)10(13)8-6-7-11-12(8)2/h6-7,9-10,13H,4-5H2,1-3H3. The highest BCUT2D eigenvalue weighted by Gasteiger charge is 2.21. The van der Waals surface area contributed by atoms with E-state index in [9.17, 15) is 5.11 Å². The van der Waals surface area contributed by atoms with Gasteiger partial charge in [-0.25, -0.2) is 0 Å². The summed E-state index contributed by atoms with van der Waals surface area (Å²) >= 11 is 0. The van der Waals surface area contributed by atoms with Crippen molar-refractivity contribution in [1.29, 1.82) is 0 Å². The number of rotatable bonds is 5. The number of hydrogen-bond donors (Lipinski definition) is 1. The van der Waals surface area contributed by atoms with Gasteiger partial charge in [0.1, 0.15) is 6.10 Å². The number of hydrogen-bond acceptors (Lipinski definition) is 3. The Labute approximate surface area is 84.5 Å². The SMILES string of the molecule is CCCC(OC)C(O)c1ccnn1C. The Balaban J connectivity index is 2.72. The van der Waals surface area contributed by atoms with E-state index in [1.54, 1.807) is 18.0 Å². The molecule has 1 rings (SSSR count). The van der Waals surface area contributed by atoms with Gasteiger partial charge in [-0.3, -0.25) is 4.68 Å². The van der Waals surface area contributed by atoms with Crippen LogP contribution >= 0.6 is 0 Å². The molecular weight excluding hydrogens is 180 g/mol. The van der Waals surface area contributed by atoms with Crippen LogP contribution in [0.1, 0.15) is 31.6 Å². The average Bonchev–Trinajstić information content (AvgIpc) is 2.59. The van der Waals surface area contributed by atoms with E-state index < -0.39 is 6.10 Å². The zero-order valence-corrected chi connectivity index (χ0v) is 8.97. The Bertz CT molecular complexity index is 273. The van der Waals surface area contributed by atoms with Crippen LogP contribution in [-0.2, 0) is 11.8 Å². The molecule has 1 N–H and O–H groups in total. The first-order chi connectivity index (χ1) is 6.70. The van der Waals surface area contributed by atoms with Crippen molar-refractivity contribution >= 4 is 0 Å². The number of ether oxygens (including phenoxy) is 1. The summed E-state index contributed by atoms with van der Waals surface area (Å²) in [5.41, 5.74) is 0.797. The van der Waals surface area contributed by atoms with E-state index in [1.807, 2.05) is 13.1 Å². The van der Waals surface area contributed by atoms with Crippen LogP contribution in [0.4, 0.5) is 0 Å². The monoisotopic (exact) mass is 198 g/mol. The number of methoxy groups -OCH3 is 1. The van der Waals surface area contributed by atoms with Crippen LogP contribution in [0.5, 0.6) is 0 Å². The molecule has 4 heteroatoms. The first-order valence-electron chi connectivity index (χ1n) is 4.89. The zero-order valence-electron chi connectivity index (χ0n) is 8.97. The zero-order chi connectivity index (χ0) is 10.6. The molecule has 0 radical (unpaired) electrons. The number of aliphatic hydroxyl groups excluding tert-OH is 1. The topological polar surface area (TPSA) is 47.3 Å². The Morgan fingerprint density at radius 1 is 1.64 bits per heavy atom. The van der Waals surface area contributed by atoms with Gasteiger partial charge in [0.25, 0.3) is 0 Å². The summed E-state index contributed by atoms with van der Waals surface area (Å²) in [6.45, 7) is 2.07. The fourth-order valence-corrected chi connectivity index (χ4v) is 1.55. The van der Waals surface area contributed by atoms with Gasteiger partial charge in [-0.2, -0.15) is 5.10 Å². The fourth-order valence-electron chi connectivity index (χ4n) is 1.55. The molecule has 0 fully saturated rings. The maximum absolute atomic E-state index is 10.00. The van der Waals surface area contributed by atoms with Gasteiger partial charge in [0.05, 0.1) is 11.8 Å². The predicted molar refractivity (Wildman–Crippen MR) is 53.9 cm³/mol. The van der Waals surface area contributed by atoms with E-state index in [1.165, 1.54) is 0 Å². The molecule has 80 valence electrons. The van der Waals surface area contributed by atoms with Gasteiger partial charge in [0.2, 0.25) is 0 Å². The minimum atomic E-state index is -0.590. The third kappa shape index (κ3) is 2.33. The van der Waals surface area contributed by atoms with E-state index >= 15 is 0 Å². The fraction of sp³-hybridized carbons (Fsp3) is 0.700. The summed E-state index contributed by atoms with van der Waals surface area (Å²) in [6.07, 6.45) is 2.79. The molecule has 0 saturated heterocycles. The van der Waals surface area contributed by atoms with Gasteiger partial charge in [-0.15, -0.1) is 0 Å². The second-order valence-electron chi connectivity index (χ2n) is 3.39. The van der Waals surface area contributed by atoms with Crippen molar-refractivity contribution in [2.45, 2.75) is 32.0 Å². The molecule has 2 unspecified atom stereocenters. The summed E-state index contributed by atoms with van der Waals surface area (Å²) in [6, 6.07) is 1.81. The van der Waals surface area contributed by atoms with Crippen LogP contribution in [0.15, 0.2) is 12.3 Å². The molecule has 0 saturated carbocycles.